The maximum Gasteiger partial charge on any atom is 0.257 e. The van der Waals surface area contributed by atoms with E-state index in [0.29, 0.717) is 43.0 Å². The fourth-order valence-corrected chi connectivity index (χ4v) is 4.63. The molecule has 2 aromatic heterocycles. The number of nitrogens with zero attached hydrogens (tertiary/aromatic N) is 4. The average Bonchev–Trinajstić information content (AvgIpc) is 3.37. The van der Waals surface area contributed by atoms with E-state index in [1.54, 1.807) is 10.9 Å². The first-order valence-corrected chi connectivity index (χ1v) is 12.6. The number of hydrogen-bond donors (Lipinski definition) is 1. The number of rotatable bonds is 5. The summed E-state index contributed by atoms with van der Waals surface area (Å²) >= 11 is 0. The quantitative estimate of drug-likeness (QED) is 0.406. The smallest absolute Gasteiger partial charge is 0.257 e. The Hall–Kier alpha value is -4.26. The molecule has 7 nitrogen and oxygen atoms in total. The number of likely N-dealkylation sites (tertiary alicyclic amines) is 1. The molecule has 188 valence electrons. The van der Waals surface area contributed by atoms with Crippen LogP contribution in [0.2, 0.25) is 0 Å². The van der Waals surface area contributed by atoms with Crippen molar-refractivity contribution in [3.8, 4) is 16.9 Å². The predicted octanol–water partition coefficient (Wildman–Crippen LogP) is 5.35. The number of carbonyl (C=O) groups excluding carboxylic acids is 2. The summed E-state index contributed by atoms with van der Waals surface area (Å²) in [6.45, 7) is 7.13. The van der Waals surface area contributed by atoms with Gasteiger partial charge in [0.1, 0.15) is 11.5 Å². The number of carbonyl (C=O) groups is 2. The molecular formula is C30H31N5O2. The monoisotopic (exact) mass is 493 g/mol. The number of aryl methyl sites for hydroxylation is 3. The summed E-state index contributed by atoms with van der Waals surface area (Å²) in [5.41, 5.74) is 6.44. The summed E-state index contributed by atoms with van der Waals surface area (Å²) in [6, 6.07) is 19.7. The Labute approximate surface area is 217 Å². The fourth-order valence-electron chi connectivity index (χ4n) is 4.63. The van der Waals surface area contributed by atoms with Gasteiger partial charge in [-0.3, -0.25) is 9.59 Å². The molecule has 5 rings (SSSR count). The molecule has 1 aliphatic heterocycles. The van der Waals surface area contributed by atoms with Crippen LogP contribution in [0.4, 0.5) is 5.82 Å². The molecule has 0 saturated carbocycles. The summed E-state index contributed by atoms with van der Waals surface area (Å²) in [4.78, 5) is 32.6. The summed E-state index contributed by atoms with van der Waals surface area (Å²) in [5.74, 6) is 0.296. The molecule has 4 aromatic rings. The number of pyridine rings is 1. The van der Waals surface area contributed by atoms with E-state index in [9.17, 15) is 9.59 Å². The molecule has 0 aliphatic carbocycles. The van der Waals surface area contributed by atoms with Crippen LogP contribution in [-0.4, -0.2) is 44.6 Å². The molecule has 0 spiro atoms. The van der Waals surface area contributed by atoms with Gasteiger partial charge in [-0.15, -0.1) is 0 Å². The minimum Gasteiger partial charge on any atom is -0.338 e. The number of nitrogens with one attached hydrogen (secondary N) is 1. The minimum absolute atomic E-state index is 0.0452. The summed E-state index contributed by atoms with van der Waals surface area (Å²) in [6.07, 6.45) is 4.77. The lowest BCUT2D eigenvalue weighted by atomic mass is 9.95. The highest BCUT2D eigenvalue weighted by Gasteiger charge is 2.30. The van der Waals surface area contributed by atoms with Crippen molar-refractivity contribution in [1.29, 1.82) is 0 Å². The summed E-state index contributed by atoms with van der Waals surface area (Å²) in [5, 5.41) is 7.74. The Balaban J connectivity index is 1.35. The average molecular weight is 494 g/mol. The van der Waals surface area contributed by atoms with Gasteiger partial charge in [0.25, 0.3) is 5.91 Å². The zero-order valence-electron chi connectivity index (χ0n) is 21.4. The molecule has 1 N–H and O–H groups in total. The van der Waals surface area contributed by atoms with Crippen LogP contribution in [0.5, 0.6) is 0 Å². The van der Waals surface area contributed by atoms with Gasteiger partial charge >= 0.3 is 0 Å². The minimum atomic E-state index is -0.154. The Morgan fingerprint density at radius 3 is 2.35 bits per heavy atom. The Morgan fingerprint density at radius 2 is 1.68 bits per heavy atom. The highest BCUT2D eigenvalue weighted by molar-refractivity contribution is 6.00. The van der Waals surface area contributed by atoms with Gasteiger partial charge in [0.05, 0.1) is 11.3 Å². The first-order chi connectivity index (χ1) is 17.9. The maximum atomic E-state index is 13.8. The summed E-state index contributed by atoms with van der Waals surface area (Å²) < 4.78 is 1.77. The van der Waals surface area contributed by atoms with Crippen molar-refractivity contribution in [2.75, 3.05) is 18.4 Å². The lowest BCUT2D eigenvalue weighted by molar-refractivity contribution is -0.121. The van der Waals surface area contributed by atoms with Crippen LogP contribution in [0.3, 0.4) is 0 Å². The Kier molecular flexibility index (Phi) is 6.86. The van der Waals surface area contributed by atoms with Crippen molar-refractivity contribution in [2.24, 2.45) is 5.92 Å². The number of anilines is 1. The lowest BCUT2D eigenvalue weighted by Crippen LogP contribution is -2.41. The number of hydrogen-bond acceptors (Lipinski definition) is 4. The van der Waals surface area contributed by atoms with E-state index in [2.05, 4.69) is 36.3 Å². The van der Waals surface area contributed by atoms with Gasteiger partial charge in [-0.2, -0.15) is 5.10 Å². The van der Waals surface area contributed by atoms with Gasteiger partial charge in [-0.05, 0) is 74.6 Å². The van der Waals surface area contributed by atoms with Crippen LogP contribution >= 0.6 is 0 Å². The van der Waals surface area contributed by atoms with E-state index in [4.69, 9.17) is 5.10 Å². The third-order valence-corrected chi connectivity index (χ3v) is 7.06. The van der Waals surface area contributed by atoms with Gasteiger partial charge in [0, 0.05) is 37.0 Å². The van der Waals surface area contributed by atoms with Crippen molar-refractivity contribution < 1.29 is 9.59 Å². The molecule has 1 aliphatic rings. The third-order valence-electron chi connectivity index (χ3n) is 7.06. The van der Waals surface area contributed by atoms with Crippen molar-refractivity contribution in [3.63, 3.8) is 0 Å². The molecule has 1 saturated heterocycles. The van der Waals surface area contributed by atoms with Crippen LogP contribution < -0.4 is 5.32 Å². The van der Waals surface area contributed by atoms with Crippen LogP contribution in [0.1, 0.15) is 39.9 Å². The van der Waals surface area contributed by atoms with Gasteiger partial charge < -0.3 is 10.2 Å². The number of piperidine rings is 1. The van der Waals surface area contributed by atoms with E-state index >= 15 is 0 Å². The van der Waals surface area contributed by atoms with Crippen molar-refractivity contribution in [3.05, 3.63) is 95.3 Å². The standard InChI is InChI=1S/C30H31N5O2/c1-20-9-12-27(31-18-20)32-29(36)23-13-15-34(16-14-23)30(37)26-19-35(25-7-5-4-6-8-25)33-28(26)24-11-10-21(2)22(3)17-24/h4-12,17-19,23H,13-16H2,1-3H3,(H,31,32,36). The fraction of sp³-hybridized carbons (Fsp3) is 0.267. The van der Waals surface area contributed by atoms with Gasteiger partial charge in [-0.1, -0.05) is 36.4 Å². The second-order valence-corrected chi connectivity index (χ2v) is 9.75. The van der Waals surface area contributed by atoms with Gasteiger partial charge in [0.2, 0.25) is 5.91 Å². The van der Waals surface area contributed by atoms with Crippen molar-refractivity contribution >= 4 is 17.6 Å². The second-order valence-electron chi connectivity index (χ2n) is 9.75. The molecule has 0 atom stereocenters. The molecule has 0 bridgehead atoms. The van der Waals surface area contributed by atoms with E-state index < -0.39 is 0 Å². The number of benzene rings is 2. The first kappa shape index (κ1) is 24.4. The third kappa shape index (κ3) is 5.31. The first-order valence-electron chi connectivity index (χ1n) is 12.6. The van der Waals surface area contributed by atoms with Gasteiger partial charge in [0.15, 0.2) is 0 Å². The van der Waals surface area contributed by atoms with E-state index in [-0.39, 0.29) is 17.7 Å². The molecule has 3 heterocycles. The maximum absolute atomic E-state index is 13.8. The van der Waals surface area contributed by atoms with E-state index in [1.165, 1.54) is 5.56 Å². The van der Waals surface area contributed by atoms with E-state index in [1.807, 2.05) is 66.6 Å². The number of amides is 2. The normalized spacial score (nSPS) is 14.0. The van der Waals surface area contributed by atoms with Crippen LogP contribution in [0, 0.1) is 26.7 Å². The lowest BCUT2D eigenvalue weighted by Gasteiger charge is -2.31. The van der Waals surface area contributed by atoms with Crippen molar-refractivity contribution in [2.45, 2.75) is 33.6 Å². The zero-order chi connectivity index (χ0) is 25.9. The SMILES string of the molecule is Cc1ccc(NC(=O)C2CCN(C(=O)c3cn(-c4ccccc4)nc3-c3ccc(C)c(C)c3)CC2)nc1. The van der Waals surface area contributed by atoms with Crippen molar-refractivity contribution in [1.82, 2.24) is 19.7 Å². The largest absolute Gasteiger partial charge is 0.338 e. The predicted molar refractivity (Wildman–Crippen MR) is 145 cm³/mol. The van der Waals surface area contributed by atoms with Crippen LogP contribution in [0.15, 0.2) is 73.1 Å². The summed E-state index contributed by atoms with van der Waals surface area (Å²) in [7, 11) is 0. The number of aromatic nitrogens is 3. The van der Waals surface area contributed by atoms with Crippen LogP contribution in [-0.2, 0) is 4.79 Å². The van der Waals surface area contributed by atoms with Crippen LogP contribution in [0.25, 0.3) is 16.9 Å². The molecule has 7 heteroatoms. The number of para-hydroxylation sites is 1. The Morgan fingerprint density at radius 1 is 0.919 bits per heavy atom. The second kappa shape index (κ2) is 10.4. The molecule has 2 amide bonds. The molecule has 2 aromatic carbocycles. The molecule has 1 fully saturated rings. The molecular weight excluding hydrogens is 462 g/mol. The topological polar surface area (TPSA) is 80.1 Å². The molecule has 37 heavy (non-hydrogen) atoms. The Bertz CT molecular complexity index is 1420. The highest BCUT2D eigenvalue weighted by atomic mass is 16.2. The highest BCUT2D eigenvalue weighted by Crippen LogP contribution is 2.28. The van der Waals surface area contributed by atoms with E-state index in [0.717, 1.165) is 22.4 Å². The molecule has 0 unspecified atom stereocenters. The van der Waals surface area contributed by atoms with Gasteiger partial charge in [-0.25, -0.2) is 9.67 Å². The zero-order valence-corrected chi connectivity index (χ0v) is 21.4. The molecule has 0 radical (unpaired) electrons.